The third-order valence-corrected chi connectivity index (χ3v) is 3.55. The number of unbranched alkanes of at least 4 members (excludes halogenated alkanes) is 1. The zero-order valence-electron chi connectivity index (χ0n) is 12.1. The Morgan fingerprint density at radius 3 is 2.80 bits per heavy atom. The molecule has 0 fully saturated rings. The van der Waals surface area contributed by atoms with Crippen LogP contribution in [-0.4, -0.2) is 29.8 Å². The number of fused-ring (bicyclic) bond motifs is 1. The van der Waals surface area contributed by atoms with E-state index in [9.17, 15) is 9.90 Å². The quantitative estimate of drug-likeness (QED) is 0.918. The van der Waals surface area contributed by atoms with Crippen molar-refractivity contribution in [3.63, 3.8) is 0 Å². The van der Waals surface area contributed by atoms with Gasteiger partial charge in [0.25, 0.3) is 0 Å². The Morgan fingerprint density at radius 2 is 2.20 bits per heavy atom. The average Bonchev–Trinajstić information content (AvgIpc) is 2.35. The lowest BCUT2D eigenvalue weighted by molar-refractivity contribution is 0.0670. The number of nitrogens with zero attached hydrogens (tertiary/aromatic N) is 1. The predicted molar refractivity (Wildman–Crippen MR) is 80.2 cm³/mol. The van der Waals surface area contributed by atoms with Gasteiger partial charge in [-0.15, -0.1) is 0 Å². The fourth-order valence-electron chi connectivity index (χ4n) is 2.48. The van der Waals surface area contributed by atoms with Crippen LogP contribution in [0.3, 0.4) is 0 Å². The van der Waals surface area contributed by atoms with Crippen molar-refractivity contribution in [1.82, 2.24) is 0 Å². The number of halogens is 1. The number of hydrogen-bond acceptors (Lipinski definition) is 3. The zero-order chi connectivity index (χ0) is 14.9. The maximum Gasteiger partial charge on any atom is 0.339 e. The maximum atomic E-state index is 11.4. The van der Waals surface area contributed by atoms with Crippen LogP contribution in [0.15, 0.2) is 12.1 Å². The average molecular weight is 298 g/mol. The van der Waals surface area contributed by atoms with E-state index >= 15 is 0 Å². The Labute approximate surface area is 124 Å². The van der Waals surface area contributed by atoms with Crippen LogP contribution in [0.25, 0.3) is 0 Å². The zero-order valence-corrected chi connectivity index (χ0v) is 12.8. The molecule has 0 amide bonds. The number of benzene rings is 1. The lowest BCUT2D eigenvalue weighted by atomic mass is 10.0. The van der Waals surface area contributed by atoms with Gasteiger partial charge in [-0.1, -0.05) is 24.9 Å². The van der Waals surface area contributed by atoms with Gasteiger partial charge in [-0.05, 0) is 32.4 Å². The molecule has 0 aliphatic carbocycles. The minimum Gasteiger partial charge on any atom is -0.483 e. The monoisotopic (exact) mass is 297 g/mol. The Balaban J connectivity index is 2.51. The lowest BCUT2D eigenvalue weighted by Crippen LogP contribution is -2.47. The second kappa shape index (κ2) is 5.52. The molecule has 1 aromatic carbocycles. The molecular weight excluding hydrogens is 278 g/mol. The highest BCUT2D eigenvalue weighted by Crippen LogP contribution is 2.41. The summed E-state index contributed by atoms with van der Waals surface area (Å²) in [4.78, 5) is 13.6. The first-order chi connectivity index (χ1) is 9.34. The molecule has 0 unspecified atom stereocenters. The van der Waals surface area contributed by atoms with Crippen LogP contribution in [0, 0.1) is 0 Å². The van der Waals surface area contributed by atoms with Crippen LogP contribution < -0.4 is 9.64 Å². The molecule has 110 valence electrons. The van der Waals surface area contributed by atoms with E-state index < -0.39 is 11.6 Å². The molecule has 0 spiro atoms. The van der Waals surface area contributed by atoms with E-state index in [1.165, 1.54) is 6.07 Å². The molecule has 0 atom stereocenters. The van der Waals surface area contributed by atoms with E-state index in [1.807, 2.05) is 13.8 Å². The summed E-state index contributed by atoms with van der Waals surface area (Å²) in [6.07, 6.45) is 2.13. The Morgan fingerprint density at radius 1 is 1.50 bits per heavy atom. The molecule has 0 saturated carbocycles. The van der Waals surface area contributed by atoms with Gasteiger partial charge < -0.3 is 14.7 Å². The van der Waals surface area contributed by atoms with Crippen LogP contribution in [0.1, 0.15) is 44.0 Å². The summed E-state index contributed by atoms with van der Waals surface area (Å²) < 4.78 is 5.90. The summed E-state index contributed by atoms with van der Waals surface area (Å²) in [5.74, 6) is -0.592. The van der Waals surface area contributed by atoms with Crippen LogP contribution in [-0.2, 0) is 0 Å². The third kappa shape index (κ3) is 3.01. The normalized spacial score (nSPS) is 16.5. The number of anilines is 1. The van der Waals surface area contributed by atoms with Gasteiger partial charge in [0.1, 0.15) is 11.2 Å². The fraction of sp³-hybridized carbons (Fsp3) is 0.533. The second-order valence-electron chi connectivity index (χ2n) is 5.74. The molecule has 1 aliphatic rings. The smallest absolute Gasteiger partial charge is 0.339 e. The fourth-order valence-corrected chi connectivity index (χ4v) is 2.69. The first-order valence-corrected chi connectivity index (χ1v) is 7.22. The van der Waals surface area contributed by atoms with Gasteiger partial charge in [-0.3, -0.25) is 0 Å². The first-order valence-electron chi connectivity index (χ1n) is 6.85. The van der Waals surface area contributed by atoms with Crippen molar-refractivity contribution in [1.29, 1.82) is 0 Å². The Hall–Kier alpha value is -1.42. The molecule has 2 rings (SSSR count). The lowest BCUT2D eigenvalue weighted by Gasteiger charge is -2.41. The minimum atomic E-state index is -1.02. The van der Waals surface area contributed by atoms with E-state index in [0.717, 1.165) is 31.6 Å². The molecule has 4 nitrogen and oxygen atoms in total. The van der Waals surface area contributed by atoms with Crippen LogP contribution in [0.4, 0.5) is 5.69 Å². The number of carbonyl (C=O) groups is 1. The standard InChI is InChI=1S/C15H20ClNO3/c1-4-5-6-17-9-15(2,3)20-13-11(14(18)19)7-10(16)8-12(13)17/h7-8H,4-6,9H2,1-3H3,(H,18,19). The number of hydrogen-bond donors (Lipinski definition) is 1. The molecule has 0 bridgehead atoms. The number of carboxylic acid groups (broad SMARTS) is 1. The van der Waals surface area contributed by atoms with Gasteiger partial charge in [0.05, 0.1) is 12.2 Å². The highest BCUT2D eigenvalue weighted by atomic mass is 35.5. The van der Waals surface area contributed by atoms with Crippen molar-refractivity contribution in [3.05, 3.63) is 22.7 Å². The molecule has 20 heavy (non-hydrogen) atoms. The van der Waals surface area contributed by atoms with Gasteiger partial charge in [-0.25, -0.2) is 4.79 Å². The highest BCUT2D eigenvalue weighted by molar-refractivity contribution is 6.31. The number of aromatic carboxylic acids is 1. The SMILES string of the molecule is CCCCN1CC(C)(C)Oc2c(C(=O)O)cc(Cl)cc21. The maximum absolute atomic E-state index is 11.4. The van der Waals surface area contributed by atoms with Gasteiger partial charge in [0, 0.05) is 11.6 Å². The summed E-state index contributed by atoms with van der Waals surface area (Å²) in [5.41, 5.74) is 0.489. The second-order valence-corrected chi connectivity index (χ2v) is 6.18. The van der Waals surface area contributed by atoms with Crippen LogP contribution in [0.2, 0.25) is 5.02 Å². The van der Waals surface area contributed by atoms with Crippen molar-refractivity contribution in [2.24, 2.45) is 0 Å². The van der Waals surface area contributed by atoms with Gasteiger partial charge >= 0.3 is 5.97 Å². The number of rotatable bonds is 4. The van der Waals surface area contributed by atoms with E-state index in [0.29, 0.717) is 10.8 Å². The molecule has 0 saturated heterocycles. The molecule has 1 aliphatic heterocycles. The summed E-state index contributed by atoms with van der Waals surface area (Å²) in [6.45, 7) is 7.66. The van der Waals surface area contributed by atoms with E-state index in [4.69, 9.17) is 16.3 Å². The van der Waals surface area contributed by atoms with Crippen molar-refractivity contribution >= 4 is 23.3 Å². The van der Waals surface area contributed by atoms with E-state index in [1.54, 1.807) is 6.07 Å². The summed E-state index contributed by atoms with van der Waals surface area (Å²) in [5, 5.41) is 9.76. The molecular formula is C15H20ClNO3. The Bertz CT molecular complexity index is 528. The van der Waals surface area contributed by atoms with Gasteiger partial charge in [0.2, 0.25) is 0 Å². The topological polar surface area (TPSA) is 49.8 Å². The molecule has 5 heteroatoms. The largest absolute Gasteiger partial charge is 0.483 e. The van der Waals surface area contributed by atoms with E-state index in [2.05, 4.69) is 11.8 Å². The van der Waals surface area contributed by atoms with Crippen molar-refractivity contribution in [2.45, 2.75) is 39.2 Å². The Kier molecular flexibility index (Phi) is 4.14. The summed E-state index contributed by atoms with van der Waals surface area (Å²) >= 11 is 6.05. The minimum absolute atomic E-state index is 0.127. The highest BCUT2D eigenvalue weighted by Gasteiger charge is 2.34. The van der Waals surface area contributed by atoms with Gasteiger partial charge in [-0.2, -0.15) is 0 Å². The predicted octanol–water partition coefficient (Wildman–Crippen LogP) is 3.82. The van der Waals surface area contributed by atoms with Crippen LogP contribution in [0.5, 0.6) is 5.75 Å². The summed E-state index contributed by atoms with van der Waals surface area (Å²) in [7, 11) is 0. The van der Waals surface area contributed by atoms with Crippen molar-refractivity contribution < 1.29 is 14.6 Å². The molecule has 0 aromatic heterocycles. The van der Waals surface area contributed by atoms with Gasteiger partial charge in [0.15, 0.2) is 5.75 Å². The number of ether oxygens (including phenoxy) is 1. The molecule has 1 heterocycles. The first kappa shape index (κ1) is 15.0. The van der Waals surface area contributed by atoms with Crippen molar-refractivity contribution in [3.8, 4) is 5.75 Å². The number of carboxylic acids is 1. The molecule has 0 radical (unpaired) electrons. The summed E-state index contributed by atoms with van der Waals surface area (Å²) in [6, 6.07) is 3.23. The molecule has 1 N–H and O–H groups in total. The van der Waals surface area contributed by atoms with Crippen molar-refractivity contribution in [2.75, 3.05) is 18.0 Å². The molecule has 1 aromatic rings. The third-order valence-electron chi connectivity index (χ3n) is 3.34. The van der Waals surface area contributed by atoms with Crippen LogP contribution >= 0.6 is 11.6 Å². The van der Waals surface area contributed by atoms with E-state index in [-0.39, 0.29) is 5.56 Å².